The number of nitrogens with one attached hydrogen (secondary N) is 1. The fourth-order valence-electron chi connectivity index (χ4n) is 1.96. The summed E-state index contributed by atoms with van der Waals surface area (Å²) in [4.78, 5) is 0. The zero-order valence-corrected chi connectivity index (χ0v) is 11.2. The highest BCUT2D eigenvalue weighted by Gasteiger charge is 2.01. The first-order valence-electron chi connectivity index (χ1n) is 6.13. The first-order valence-corrected chi connectivity index (χ1v) is 6.13. The molecule has 0 amide bonds. The van der Waals surface area contributed by atoms with E-state index in [1.54, 1.807) is 7.11 Å². The Hall–Kier alpha value is -1.96. The van der Waals surface area contributed by atoms with Crippen molar-refractivity contribution in [2.45, 2.75) is 20.4 Å². The van der Waals surface area contributed by atoms with Crippen molar-refractivity contribution in [3.63, 3.8) is 0 Å². The highest BCUT2D eigenvalue weighted by Crippen LogP contribution is 2.21. The van der Waals surface area contributed by atoms with Crippen molar-refractivity contribution < 1.29 is 4.74 Å². The van der Waals surface area contributed by atoms with E-state index in [9.17, 15) is 0 Å². The molecule has 0 aliphatic carbocycles. The second-order valence-corrected chi connectivity index (χ2v) is 4.46. The zero-order valence-electron chi connectivity index (χ0n) is 11.2. The second-order valence-electron chi connectivity index (χ2n) is 4.46. The lowest BCUT2D eigenvalue weighted by Gasteiger charge is -2.12. The molecule has 0 atom stereocenters. The first-order chi connectivity index (χ1) is 8.70. The summed E-state index contributed by atoms with van der Waals surface area (Å²) in [7, 11) is 1.69. The molecule has 0 saturated carbocycles. The van der Waals surface area contributed by atoms with Crippen LogP contribution in [0.3, 0.4) is 0 Å². The average molecular weight is 241 g/mol. The smallest absolute Gasteiger partial charge is 0.119 e. The molecule has 0 spiro atoms. The monoisotopic (exact) mass is 241 g/mol. The molecular weight excluding hydrogens is 222 g/mol. The predicted octanol–water partition coefficient (Wildman–Crippen LogP) is 3.92. The largest absolute Gasteiger partial charge is 0.497 e. The number of anilines is 1. The summed E-state index contributed by atoms with van der Waals surface area (Å²) in [6.07, 6.45) is 0. The molecule has 0 fully saturated rings. The number of methoxy groups -OCH3 is 1. The maximum atomic E-state index is 5.20. The summed E-state index contributed by atoms with van der Waals surface area (Å²) in [5.41, 5.74) is 4.99. The molecule has 0 aliphatic rings. The Kier molecular flexibility index (Phi) is 3.88. The van der Waals surface area contributed by atoms with Gasteiger partial charge in [0.25, 0.3) is 0 Å². The molecule has 2 aromatic carbocycles. The van der Waals surface area contributed by atoms with Gasteiger partial charge in [0.05, 0.1) is 7.11 Å². The number of hydrogen-bond acceptors (Lipinski definition) is 2. The van der Waals surface area contributed by atoms with Gasteiger partial charge in [0.1, 0.15) is 5.75 Å². The van der Waals surface area contributed by atoms with Gasteiger partial charge in [-0.05, 0) is 48.7 Å². The maximum Gasteiger partial charge on any atom is 0.119 e. The molecular formula is C16H19NO. The Labute approximate surface area is 109 Å². The fourth-order valence-corrected chi connectivity index (χ4v) is 1.96. The molecule has 2 rings (SSSR count). The molecule has 18 heavy (non-hydrogen) atoms. The Morgan fingerprint density at radius 1 is 1.00 bits per heavy atom. The van der Waals surface area contributed by atoms with E-state index < -0.39 is 0 Å². The summed E-state index contributed by atoms with van der Waals surface area (Å²) in [6, 6.07) is 14.5. The van der Waals surface area contributed by atoms with Gasteiger partial charge in [0, 0.05) is 12.2 Å². The van der Waals surface area contributed by atoms with E-state index >= 15 is 0 Å². The molecule has 0 radical (unpaired) electrons. The normalized spacial score (nSPS) is 10.2. The Balaban J connectivity index is 2.09. The van der Waals surface area contributed by atoms with Gasteiger partial charge in [-0.25, -0.2) is 0 Å². The van der Waals surface area contributed by atoms with Crippen LogP contribution in [0.1, 0.15) is 16.7 Å². The van der Waals surface area contributed by atoms with Crippen LogP contribution in [0.2, 0.25) is 0 Å². The predicted molar refractivity (Wildman–Crippen MR) is 76.2 cm³/mol. The number of benzene rings is 2. The van der Waals surface area contributed by atoms with Crippen LogP contribution in [0.4, 0.5) is 5.69 Å². The maximum absolute atomic E-state index is 5.20. The van der Waals surface area contributed by atoms with Gasteiger partial charge in [-0.1, -0.05) is 24.3 Å². The topological polar surface area (TPSA) is 21.3 Å². The van der Waals surface area contributed by atoms with E-state index in [0.717, 1.165) is 18.0 Å². The Bertz CT molecular complexity index is 534. The molecule has 0 bridgehead atoms. The van der Waals surface area contributed by atoms with Crippen LogP contribution in [-0.2, 0) is 6.54 Å². The van der Waals surface area contributed by atoms with Crippen molar-refractivity contribution in [2.75, 3.05) is 12.4 Å². The second kappa shape index (κ2) is 5.58. The third kappa shape index (κ3) is 2.83. The van der Waals surface area contributed by atoms with Gasteiger partial charge in [0.2, 0.25) is 0 Å². The minimum absolute atomic E-state index is 0.847. The molecule has 0 unspecified atom stereocenters. The van der Waals surface area contributed by atoms with Gasteiger partial charge >= 0.3 is 0 Å². The molecule has 0 saturated heterocycles. The molecule has 0 aliphatic heterocycles. The zero-order chi connectivity index (χ0) is 13.0. The van der Waals surface area contributed by atoms with Crippen LogP contribution in [0.15, 0.2) is 42.5 Å². The minimum Gasteiger partial charge on any atom is -0.497 e. The van der Waals surface area contributed by atoms with Crippen LogP contribution in [0, 0.1) is 13.8 Å². The number of aryl methyl sites for hydroxylation is 2. The molecule has 2 aromatic rings. The summed E-state index contributed by atoms with van der Waals surface area (Å²) in [6.45, 7) is 5.07. The SMILES string of the molecule is COc1ccc(NCc2ccccc2C)c(C)c1. The molecule has 0 heterocycles. The van der Waals surface area contributed by atoms with Crippen LogP contribution in [0.25, 0.3) is 0 Å². The van der Waals surface area contributed by atoms with Crippen LogP contribution in [0.5, 0.6) is 5.75 Å². The number of hydrogen-bond donors (Lipinski definition) is 1. The third-order valence-corrected chi connectivity index (χ3v) is 3.16. The molecule has 94 valence electrons. The van der Waals surface area contributed by atoms with Crippen LogP contribution >= 0.6 is 0 Å². The van der Waals surface area contributed by atoms with E-state index in [-0.39, 0.29) is 0 Å². The highest BCUT2D eigenvalue weighted by atomic mass is 16.5. The molecule has 2 nitrogen and oxygen atoms in total. The summed E-state index contributed by atoms with van der Waals surface area (Å²) < 4.78 is 5.20. The minimum atomic E-state index is 0.847. The molecule has 1 N–H and O–H groups in total. The number of rotatable bonds is 4. The van der Waals surface area contributed by atoms with Crippen LogP contribution in [-0.4, -0.2) is 7.11 Å². The Morgan fingerprint density at radius 3 is 2.44 bits per heavy atom. The lowest BCUT2D eigenvalue weighted by atomic mass is 10.1. The van der Waals surface area contributed by atoms with Crippen molar-refractivity contribution in [1.29, 1.82) is 0 Å². The lowest BCUT2D eigenvalue weighted by molar-refractivity contribution is 0.414. The molecule has 0 aromatic heterocycles. The highest BCUT2D eigenvalue weighted by molar-refractivity contribution is 5.54. The summed E-state index contributed by atoms with van der Waals surface area (Å²) in [5.74, 6) is 0.897. The van der Waals surface area contributed by atoms with Gasteiger partial charge in [0.15, 0.2) is 0 Å². The summed E-state index contributed by atoms with van der Waals surface area (Å²) >= 11 is 0. The van der Waals surface area contributed by atoms with Crippen molar-refractivity contribution in [3.8, 4) is 5.75 Å². The fraction of sp³-hybridized carbons (Fsp3) is 0.250. The van der Waals surface area contributed by atoms with Gasteiger partial charge in [-0.2, -0.15) is 0 Å². The van der Waals surface area contributed by atoms with E-state index in [1.165, 1.54) is 16.7 Å². The third-order valence-electron chi connectivity index (χ3n) is 3.16. The number of ether oxygens (including phenoxy) is 1. The van der Waals surface area contributed by atoms with Gasteiger partial charge in [-0.15, -0.1) is 0 Å². The van der Waals surface area contributed by atoms with E-state index in [0.29, 0.717) is 0 Å². The van der Waals surface area contributed by atoms with Gasteiger partial charge < -0.3 is 10.1 Å². The van der Waals surface area contributed by atoms with Crippen molar-refractivity contribution >= 4 is 5.69 Å². The Morgan fingerprint density at radius 2 is 1.78 bits per heavy atom. The summed E-state index contributed by atoms with van der Waals surface area (Å²) in [5, 5.41) is 3.47. The van der Waals surface area contributed by atoms with Gasteiger partial charge in [-0.3, -0.25) is 0 Å². The first kappa shape index (κ1) is 12.5. The van der Waals surface area contributed by atoms with Crippen LogP contribution < -0.4 is 10.1 Å². The van der Waals surface area contributed by atoms with Crippen molar-refractivity contribution in [2.24, 2.45) is 0 Å². The standard InChI is InChI=1S/C16H19NO/c1-12-6-4-5-7-14(12)11-17-16-9-8-15(18-3)10-13(16)2/h4-10,17H,11H2,1-3H3. The van der Waals surface area contributed by atoms with Crippen molar-refractivity contribution in [3.05, 3.63) is 59.2 Å². The van der Waals surface area contributed by atoms with E-state index in [1.807, 2.05) is 12.1 Å². The average Bonchev–Trinajstić information content (AvgIpc) is 2.39. The van der Waals surface area contributed by atoms with E-state index in [4.69, 9.17) is 4.74 Å². The lowest BCUT2D eigenvalue weighted by Crippen LogP contribution is -2.02. The van der Waals surface area contributed by atoms with E-state index in [2.05, 4.69) is 49.5 Å². The van der Waals surface area contributed by atoms with Crippen molar-refractivity contribution in [1.82, 2.24) is 0 Å². The quantitative estimate of drug-likeness (QED) is 0.875. The molecule has 2 heteroatoms.